The third-order valence-electron chi connectivity index (χ3n) is 8.01. The molecule has 0 bridgehead atoms. The molecule has 4 saturated heterocycles. The van der Waals surface area contributed by atoms with Crippen molar-refractivity contribution >= 4 is 17.5 Å². The van der Waals surface area contributed by atoms with Gasteiger partial charge in [0, 0.05) is 77.4 Å². The summed E-state index contributed by atoms with van der Waals surface area (Å²) >= 11 is 0. The number of piperidine rings is 2. The molecular weight excluding hydrogens is 446 g/mol. The number of carbonyl (C=O) groups is 1. The second kappa shape index (κ2) is 12.3. The molecule has 1 aromatic rings. The molecule has 194 valence electrons. The summed E-state index contributed by atoms with van der Waals surface area (Å²) in [5, 5.41) is 12.3. The van der Waals surface area contributed by atoms with Gasteiger partial charge in [0.25, 0.3) is 0 Å². The van der Waals surface area contributed by atoms with Crippen molar-refractivity contribution in [3.63, 3.8) is 0 Å². The second-order valence-corrected chi connectivity index (χ2v) is 10.1. The normalized spacial score (nSPS) is 24.0. The van der Waals surface area contributed by atoms with Gasteiger partial charge in [-0.2, -0.15) is 0 Å². The van der Waals surface area contributed by atoms with Crippen molar-refractivity contribution in [1.29, 1.82) is 0 Å². The summed E-state index contributed by atoms with van der Waals surface area (Å²) in [6, 6.07) is 4.88. The molecule has 0 aliphatic carbocycles. The van der Waals surface area contributed by atoms with Gasteiger partial charge < -0.3 is 24.6 Å². The van der Waals surface area contributed by atoms with Crippen LogP contribution in [0.4, 0.5) is 11.6 Å². The average molecular weight is 488 g/mol. The molecule has 10 nitrogen and oxygen atoms in total. The molecule has 4 aliphatic rings. The van der Waals surface area contributed by atoms with Gasteiger partial charge in [0.05, 0.1) is 26.4 Å². The molecule has 1 amide bonds. The van der Waals surface area contributed by atoms with Crippen molar-refractivity contribution < 1.29 is 14.3 Å². The molecule has 0 saturated carbocycles. The molecule has 1 N–H and O–H groups in total. The SMILES string of the molecule is O=C(NCCN1CCOCC1)C1CCN(c2ccc(N3CCC(N4CCOCC4)CC3)nn2)CC1. The minimum atomic E-state index is 0.0935. The molecule has 1 aromatic heterocycles. The predicted molar refractivity (Wildman–Crippen MR) is 135 cm³/mol. The van der Waals surface area contributed by atoms with Gasteiger partial charge in [0.2, 0.25) is 5.91 Å². The Balaban J connectivity index is 1.02. The Bertz CT molecular complexity index is 783. The lowest BCUT2D eigenvalue weighted by Gasteiger charge is -2.40. The summed E-state index contributed by atoms with van der Waals surface area (Å²) in [5.41, 5.74) is 0. The summed E-state index contributed by atoms with van der Waals surface area (Å²) in [5.74, 6) is 2.18. The molecule has 4 aliphatic heterocycles. The lowest BCUT2D eigenvalue weighted by Crippen LogP contribution is -2.49. The zero-order chi connectivity index (χ0) is 23.9. The molecule has 0 unspecified atom stereocenters. The van der Waals surface area contributed by atoms with Crippen LogP contribution in [0.5, 0.6) is 0 Å². The highest BCUT2D eigenvalue weighted by atomic mass is 16.5. The van der Waals surface area contributed by atoms with E-state index in [1.54, 1.807) is 0 Å². The van der Waals surface area contributed by atoms with Crippen LogP contribution in [-0.2, 0) is 14.3 Å². The zero-order valence-electron chi connectivity index (χ0n) is 20.9. The number of nitrogens with zero attached hydrogens (tertiary/aromatic N) is 6. The summed E-state index contributed by atoms with van der Waals surface area (Å²) in [7, 11) is 0. The van der Waals surface area contributed by atoms with Crippen molar-refractivity contribution in [3.8, 4) is 0 Å². The van der Waals surface area contributed by atoms with Gasteiger partial charge in [-0.3, -0.25) is 14.6 Å². The van der Waals surface area contributed by atoms with Crippen LogP contribution < -0.4 is 15.1 Å². The van der Waals surface area contributed by atoms with Gasteiger partial charge in [-0.15, -0.1) is 10.2 Å². The minimum Gasteiger partial charge on any atom is -0.379 e. The number of hydrogen-bond acceptors (Lipinski definition) is 9. The summed E-state index contributed by atoms with van der Waals surface area (Å²) in [4.78, 5) is 22.2. The van der Waals surface area contributed by atoms with Crippen molar-refractivity contribution in [3.05, 3.63) is 12.1 Å². The number of nitrogens with one attached hydrogen (secondary N) is 1. The van der Waals surface area contributed by atoms with Gasteiger partial charge in [-0.1, -0.05) is 0 Å². The van der Waals surface area contributed by atoms with E-state index in [-0.39, 0.29) is 11.8 Å². The number of amides is 1. The minimum absolute atomic E-state index is 0.0935. The molecule has 0 spiro atoms. The van der Waals surface area contributed by atoms with E-state index in [1.165, 1.54) is 12.8 Å². The smallest absolute Gasteiger partial charge is 0.223 e. The van der Waals surface area contributed by atoms with E-state index in [0.29, 0.717) is 6.04 Å². The van der Waals surface area contributed by atoms with E-state index in [4.69, 9.17) is 9.47 Å². The number of rotatable bonds is 7. The van der Waals surface area contributed by atoms with Crippen molar-refractivity contribution in [1.82, 2.24) is 25.3 Å². The van der Waals surface area contributed by atoms with Gasteiger partial charge >= 0.3 is 0 Å². The molecule has 0 atom stereocenters. The lowest BCUT2D eigenvalue weighted by molar-refractivity contribution is -0.125. The fourth-order valence-corrected chi connectivity index (χ4v) is 5.74. The Morgan fingerprint density at radius 2 is 1.34 bits per heavy atom. The highest BCUT2D eigenvalue weighted by Gasteiger charge is 2.28. The number of ether oxygens (including phenoxy) is 2. The van der Waals surface area contributed by atoms with Gasteiger partial charge in [-0.25, -0.2) is 0 Å². The first-order valence-corrected chi connectivity index (χ1v) is 13.5. The molecular formula is C25H41N7O3. The number of anilines is 2. The van der Waals surface area contributed by atoms with E-state index in [1.807, 2.05) is 0 Å². The van der Waals surface area contributed by atoms with E-state index >= 15 is 0 Å². The molecule has 4 fully saturated rings. The Morgan fingerprint density at radius 1 is 0.800 bits per heavy atom. The first-order valence-electron chi connectivity index (χ1n) is 13.5. The van der Waals surface area contributed by atoms with E-state index in [9.17, 15) is 4.79 Å². The summed E-state index contributed by atoms with van der Waals surface area (Å²) in [6.45, 7) is 12.7. The lowest BCUT2D eigenvalue weighted by atomic mass is 9.96. The first kappa shape index (κ1) is 24.7. The molecule has 10 heteroatoms. The van der Waals surface area contributed by atoms with Crippen LogP contribution >= 0.6 is 0 Å². The monoisotopic (exact) mass is 487 g/mol. The van der Waals surface area contributed by atoms with Crippen LogP contribution in [0.25, 0.3) is 0 Å². The maximum absolute atomic E-state index is 12.6. The average Bonchev–Trinajstić information content (AvgIpc) is 2.94. The Hall–Kier alpha value is -2.01. The van der Waals surface area contributed by atoms with Crippen LogP contribution in [0.1, 0.15) is 25.7 Å². The Kier molecular flexibility index (Phi) is 8.67. The fraction of sp³-hybridized carbons (Fsp3) is 0.800. The maximum atomic E-state index is 12.6. The van der Waals surface area contributed by atoms with Crippen LogP contribution in [0.15, 0.2) is 12.1 Å². The highest BCUT2D eigenvalue weighted by molar-refractivity contribution is 5.79. The first-order chi connectivity index (χ1) is 17.3. The quantitative estimate of drug-likeness (QED) is 0.589. The summed E-state index contributed by atoms with van der Waals surface area (Å²) < 4.78 is 10.9. The van der Waals surface area contributed by atoms with E-state index < -0.39 is 0 Å². The molecule has 0 aromatic carbocycles. The fourth-order valence-electron chi connectivity index (χ4n) is 5.74. The van der Waals surface area contributed by atoms with Gasteiger partial charge in [-0.05, 0) is 37.8 Å². The van der Waals surface area contributed by atoms with Crippen molar-refractivity contribution in [2.24, 2.45) is 5.92 Å². The molecule has 5 heterocycles. The number of carbonyl (C=O) groups excluding carboxylic acids is 1. The maximum Gasteiger partial charge on any atom is 0.223 e. The highest BCUT2D eigenvalue weighted by Crippen LogP contribution is 2.25. The van der Waals surface area contributed by atoms with Gasteiger partial charge in [0.1, 0.15) is 0 Å². The predicted octanol–water partition coefficient (Wildman–Crippen LogP) is 0.442. The number of morpholine rings is 2. The third-order valence-corrected chi connectivity index (χ3v) is 8.01. The number of aromatic nitrogens is 2. The standard InChI is InChI=1S/C25H41N7O3/c33-25(26-7-12-29-13-17-34-18-14-29)21-3-8-31(9-4-21)23-1-2-24(28-27-23)32-10-5-22(6-11-32)30-15-19-35-20-16-30/h1-2,21-22H,3-20H2,(H,26,33). The Labute approximate surface area is 208 Å². The molecule has 35 heavy (non-hydrogen) atoms. The van der Waals surface area contributed by atoms with Crippen molar-refractivity contribution in [2.75, 3.05) is 102 Å². The zero-order valence-corrected chi connectivity index (χ0v) is 20.9. The third kappa shape index (κ3) is 6.61. The molecule has 0 radical (unpaired) electrons. The Morgan fingerprint density at radius 3 is 1.91 bits per heavy atom. The van der Waals surface area contributed by atoms with E-state index in [2.05, 4.69) is 47.2 Å². The van der Waals surface area contributed by atoms with Crippen LogP contribution in [0.2, 0.25) is 0 Å². The summed E-state index contributed by atoms with van der Waals surface area (Å²) in [6.07, 6.45) is 4.07. The largest absolute Gasteiger partial charge is 0.379 e. The van der Waals surface area contributed by atoms with Gasteiger partial charge in [0.15, 0.2) is 11.6 Å². The molecule has 5 rings (SSSR count). The van der Waals surface area contributed by atoms with Crippen LogP contribution in [-0.4, -0.2) is 124 Å². The second-order valence-electron chi connectivity index (χ2n) is 10.1. The topological polar surface area (TPSA) is 86.3 Å². The van der Waals surface area contributed by atoms with E-state index in [0.717, 1.165) is 116 Å². The number of hydrogen-bond donors (Lipinski definition) is 1. The van der Waals surface area contributed by atoms with Crippen LogP contribution in [0, 0.1) is 5.92 Å². The van der Waals surface area contributed by atoms with Crippen LogP contribution in [0.3, 0.4) is 0 Å². The van der Waals surface area contributed by atoms with Crippen molar-refractivity contribution in [2.45, 2.75) is 31.7 Å².